The van der Waals surface area contributed by atoms with Crippen molar-refractivity contribution in [3.05, 3.63) is 29.3 Å². The molecule has 1 aromatic rings. The van der Waals surface area contributed by atoms with Crippen LogP contribution in [-0.2, 0) is 6.42 Å². The van der Waals surface area contributed by atoms with E-state index < -0.39 is 0 Å². The normalized spacial score (nSPS) is 23.5. The van der Waals surface area contributed by atoms with Crippen LogP contribution in [0.15, 0.2) is 18.2 Å². The van der Waals surface area contributed by atoms with Crippen LogP contribution in [-0.4, -0.2) is 11.9 Å². The molecule has 19 heavy (non-hydrogen) atoms. The molecule has 1 fully saturated rings. The third-order valence-electron chi connectivity index (χ3n) is 4.41. The van der Waals surface area contributed by atoms with E-state index in [1.54, 1.807) is 0 Å². The predicted octanol–water partition coefficient (Wildman–Crippen LogP) is 4.16. The number of rotatable bonds is 2. The lowest BCUT2D eigenvalue weighted by atomic mass is 9.90. The van der Waals surface area contributed by atoms with Crippen molar-refractivity contribution >= 4 is 5.78 Å². The number of ketones is 1. The second kappa shape index (κ2) is 5.36. The van der Waals surface area contributed by atoms with Crippen LogP contribution in [0.2, 0.25) is 0 Å². The third-order valence-corrected chi connectivity index (χ3v) is 4.41. The Labute approximate surface area is 115 Å². The SMILES string of the molecule is CC1Cc2cc(C(=O)C3CCCCCC3)ccc2O1. The van der Waals surface area contributed by atoms with Crippen LogP contribution >= 0.6 is 0 Å². The average molecular weight is 258 g/mol. The van der Waals surface area contributed by atoms with Crippen LogP contribution < -0.4 is 4.74 Å². The van der Waals surface area contributed by atoms with Gasteiger partial charge in [-0.15, -0.1) is 0 Å². The van der Waals surface area contributed by atoms with Gasteiger partial charge in [0.15, 0.2) is 5.78 Å². The number of carbonyl (C=O) groups excluding carboxylic acids is 1. The van der Waals surface area contributed by atoms with Crippen LogP contribution in [0.4, 0.5) is 0 Å². The zero-order chi connectivity index (χ0) is 13.2. The van der Waals surface area contributed by atoms with Gasteiger partial charge < -0.3 is 4.74 Å². The van der Waals surface area contributed by atoms with Crippen molar-refractivity contribution < 1.29 is 9.53 Å². The van der Waals surface area contributed by atoms with E-state index in [1.807, 2.05) is 12.1 Å². The number of fused-ring (bicyclic) bond motifs is 1. The van der Waals surface area contributed by atoms with Crippen LogP contribution in [0.3, 0.4) is 0 Å². The second-order valence-corrected chi connectivity index (χ2v) is 6.01. The molecule has 1 saturated carbocycles. The lowest BCUT2D eigenvalue weighted by Gasteiger charge is -2.13. The summed E-state index contributed by atoms with van der Waals surface area (Å²) < 4.78 is 5.70. The van der Waals surface area contributed by atoms with Gasteiger partial charge in [0.25, 0.3) is 0 Å². The average Bonchev–Trinajstić information content (AvgIpc) is 2.63. The van der Waals surface area contributed by atoms with E-state index in [1.165, 1.54) is 31.2 Å². The first kappa shape index (κ1) is 12.7. The molecule has 0 bridgehead atoms. The fourth-order valence-electron chi connectivity index (χ4n) is 3.35. The van der Waals surface area contributed by atoms with Gasteiger partial charge in [-0.3, -0.25) is 4.79 Å². The molecule has 1 aliphatic carbocycles. The first-order valence-electron chi connectivity index (χ1n) is 7.58. The van der Waals surface area contributed by atoms with Gasteiger partial charge in [-0.1, -0.05) is 25.7 Å². The van der Waals surface area contributed by atoms with Crippen molar-refractivity contribution in [2.75, 3.05) is 0 Å². The molecule has 1 heterocycles. The minimum atomic E-state index is 0.248. The van der Waals surface area contributed by atoms with E-state index >= 15 is 0 Å². The van der Waals surface area contributed by atoms with Crippen LogP contribution in [0.25, 0.3) is 0 Å². The summed E-state index contributed by atoms with van der Waals surface area (Å²) in [5, 5.41) is 0. The maximum Gasteiger partial charge on any atom is 0.165 e. The number of hydrogen-bond donors (Lipinski definition) is 0. The summed E-state index contributed by atoms with van der Waals surface area (Å²) in [6, 6.07) is 5.99. The highest BCUT2D eigenvalue weighted by Gasteiger charge is 2.24. The Morgan fingerprint density at radius 2 is 1.89 bits per heavy atom. The molecule has 0 N–H and O–H groups in total. The quantitative estimate of drug-likeness (QED) is 0.588. The largest absolute Gasteiger partial charge is 0.490 e. The first-order chi connectivity index (χ1) is 9.24. The van der Waals surface area contributed by atoms with Crippen LogP contribution in [0.5, 0.6) is 5.75 Å². The first-order valence-corrected chi connectivity index (χ1v) is 7.58. The van der Waals surface area contributed by atoms with E-state index in [0.29, 0.717) is 5.78 Å². The fourth-order valence-corrected chi connectivity index (χ4v) is 3.35. The molecule has 2 heteroatoms. The summed E-state index contributed by atoms with van der Waals surface area (Å²) >= 11 is 0. The van der Waals surface area contributed by atoms with Gasteiger partial charge in [-0.25, -0.2) is 0 Å². The van der Waals surface area contributed by atoms with Crippen molar-refractivity contribution in [3.8, 4) is 5.75 Å². The molecule has 2 aliphatic rings. The Morgan fingerprint density at radius 1 is 1.16 bits per heavy atom. The lowest BCUT2D eigenvalue weighted by Crippen LogP contribution is -2.14. The fraction of sp³-hybridized carbons (Fsp3) is 0.588. The minimum absolute atomic E-state index is 0.248. The Kier molecular flexibility index (Phi) is 3.58. The number of benzene rings is 1. The number of Topliss-reactive ketones (excluding diaryl/α,β-unsaturated/α-hetero) is 1. The maximum atomic E-state index is 12.6. The molecule has 0 spiro atoms. The summed E-state index contributed by atoms with van der Waals surface area (Å²) in [5.74, 6) is 1.56. The summed E-state index contributed by atoms with van der Waals surface area (Å²) in [7, 11) is 0. The predicted molar refractivity (Wildman–Crippen MR) is 75.8 cm³/mol. The zero-order valence-corrected chi connectivity index (χ0v) is 11.7. The van der Waals surface area contributed by atoms with Crippen molar-refractivity contribution in [2.24, 2.45) is 5.92 Å². The molecule has 0 saturated heterocycles. The Morgan fingerprint density at radius 3 is 2.63 bits per heavy atom. The van der Waals surface area contributed by atoms with Gasteiger partial charge in [0, 0.05) is 17.9 Å². The molecule has 0 radical (unpaired) electrons. The summed E-state index contributed by atoms with van der Waals surface area (Å²) in [6.45, 7) is 2.08. The van der Waals surface area contributed by atoms with Crippen molar-refractivity contribution in [3.63, 3.8) is 0 Å². The molecule has 3 rings (SSSR count). The third kappa shape index (κ3) is 2.68. The van der Waals surface area contributed by atoms with Gasteiger partial charge in [0.2, 0.25) is 0 Å². The molecule has 1 aliphatic heterocycles. The van der Waals surface area contributed by atoms with Gasteiger partial charge in [-0.2, -0.15) is 0 Å². The molecule has 1 aromatic carbocycles. The number of hydrogen-bond acceptors (Lipinski definition) is 2. The molecule has 102 valence electrons. The van der Waals surface area contributed by atoms with E-state index in [9.17, 15) is 4.79 Å². The summed E-state index contributed by atoms with van der Waals surface area (Å²) in [6.07, 6.45) is 8.33. The van der Waals surface area contributed by atoms with Crippen LogP contribution in [0, 0.1) is 5.92 Å². The lowest BCUT2D eigenvalue weighted by molar-refractivity contribution is 0.0908. The summed E-state index contributed by atoms with van der Waals surface area (Å²) in [5.41, 5.74) is 2.09. The Hall–Kier alpha value is -1.31. The molecule has 1 unspecified atom stereocenters. The van der Waals surface area contributed by atoms with Crippen molar-refractivity contribution in [1.29, 1.82) is 0 Å². The smallest absolute Gasteiger partial charge is 0.165 e. The Bertz CT molecular complexity index is 470. The highest BCUT2D eigenvalue weighted by atomic mass is 16.5. The van der Waals surface area contributed by atoms with Gasteiger partial charge in [0.1, 0.15) is 11.9 Å². The van der Waals surface area contributed by atoms with Crippen molar-refractivity contribution in [1.82, 2.24) is 0 Å². The minimum Gasteiger partial charge on any atom is -0.490 e. The van der Waals surface area contributed by atoms with Gasteiger partial charge >= 0.3 is 0 Å². The number of carbonyl (C=O) groups is 1. The summed E-state index contributed by atoms with van der Waals surface area (Å²) in [4.78, 5) is 12.6. The number of ether oxygens (including phenoxy) is 1. The zero-order valence-electron chi connectivity index (χ0n) is 11.7. The Balaban J connectivity index is 1.78. The molecule has 0 amide bonds. The molecule has 1 atom stereocenters. The van der Waals surface area contributed by atoms with E-state index in [-0.39, 0.29) is 12.0 Å². The molecule has 0 aromatic heterocycles. The van der Waals surface area contributed by atoms with Gasteiger partial charge in [-0.05, 0) is 43.5 Å². The molecule has 2 nitrogen and oxygen atoms in total. The van der Waals surface area contributed by atoms with Crippen molar-refractivity contribution in [2.45, 2.75) is 58.0 Å². The monoisotopic (exact) mass is 258 g/mol. The standard InChI is InChI=1S/C17H22O2/c1-12-10-15-11-14(8-9-16(15)19-12)17(18)13-6-4-2-3-5-7-13/h8-9,11-13H,2-7,10H2,1H3. The maximum absolute atomic E-state index is 12.6. The molecular weight excluding hydrogens is 236 g/mol. The van der Waals surface area contributed by atoms with E-state index in [2.05, 4.69) is 13.0 Å². The highest BCUT2D eigenvalue weighted by Crippen LogP contribution is 2.32. The highest BCUT2D eigenvalue weighted by molar-refractivity contribution is 5.98. The second-order valence-electron chi connectivity index (χ2n) is 6.01. The van der Waals surface area contributed by atoms with Crippen LogP contribution in [0.1, 0.15) is 61.4 Å². The molecular formula is C17H22O2. The topological polar surface area (TPSA) is 26.3 Å². The van der Waals surface area contributed by atoms with Gasteiger partial charge in [0.05, 0.1) is 0 Å². The van der Waals surface area contributed by atoms with E-state index in [0.717, 1.165) is 30.6 Å². The van der Waals surface area contributed by atoms with E-state index in [4.69, 9.17) is 4.74 Å².